The van der Waals surface area contributed by atoms with Crippen molar-refractivity contribution in [2.75, 3.05) is 48.8 Å². The molecule has 2 saturated heterocycles. The fourth-order valence-electron chi connectivity index (χ4n) is 4.69. The number of methoxy groups -OCH3 is 1. The maximum atomic E-state index is 13.6. The van der Waals surface area contributed by atoms with Gasteiger partial charge in [0.2, 0.25) is 0 Å². The molecule has 0 aliphatic carbocycles. The van der Waals surface area contributed by atoms with Crippen LogP contribution >= 0.6 is 0 Å². The molecule has 3 amide bonds. The molecule has 2 aliphatic heterocycles. The molecule has 0 radical (unpaired) electrons. The number of benzene rings is 2. The highest BCUT2D eigenvalue weighted by molar-refractivity contribution is 6.04. The second-order valence-electron chi connectivity index (χ2n) is 9.69. The lowest BCUT2D eigenvalue weighted by Gasteiger charge is -2.35. The quantitative estimate of drug-likeness (QED) is 0.617. The van der Waals surface area contributed by atoms with E-state index in [-0.39, 0.29) is 11.9 Å². The van der Waals surface area contributed by atoms with Gasteiger partial charge in [0.05, 0.1) is 12.7 Å². The van der Waals surface area contributed by atoms with Crippen molar-refractivity contribution in [3.63, 3.8) is 0 Å². The molecule has 0 saturated carbocycles. The maximum Gasteiger partial charge on any atom is 0.323 e. The number of carbonyl (C=O) groups is 2. The molecule has 2 fully saturated rings. The number of likely N-dealkylation sites (tertiary alicyclic amines) is 1. The average molecular weight is 465 g/mol. The Labute approximate surface area is 202 Å². The fourth-order valence-corrected chi connectivity index (χ4v) is 4.69. The second kappa shape index (κ2) is 10.8. The van der Waals surface area contributed by atoms with Crippen molar-refractivity contribution >= 4 is 29.0 Å². The van der Waals surface area contributed by atoms with E-state index >= 15 is 0 Å². The summed E-state index contributed by atoms with van der Waals surface area (Å²) in [5, 5.41) is 5.72. The minimum atomic E-state index is -0.363. The largest absolute Gasteiger partial charge is 0.497 e. The van der Waals surface area contributed by atoms with Gasteiger partial charge >= 0.3 is 6.03 Å². The number of piperidine rings is 2. The Balaban J connectivity index is 1.54. The van der Waals surface area contributed by atoms with Crippen LogP contribution < -0.4 is 20.3 Å². The predicted molar refractivity (Wildman–Crippen MR) is 137 cm³/mol. The summed E-state index contributed by atoms with van der Waals surface area (Å²) in [5.41, 5.74) is 2.87. The number of rotatable bonds is 5. The van der Waals surface area contributed by atoms with Crippen LogP contribution in [0.1, 0.15) is 49.9 Å². The summed E-state index contributed by atoms with van der Waals surface area (Å²) in [6.07, 6.45) is 4.31. The normalized spacial score (nSPS) is 17.4. The standard InChI is InChI=1S/C27H36N4O3/c1-19-9-13-30(14-10-19)25-8-7-22(18-24(25)26(32)31-15-11-20(2)12-16-31)29-27(33)28-21-5-4-6-23(17-21)34-3/h4-8,17-20H,9-16H2,1-3H3,(H2,28,29,33). The Bertz CT molecular complexity index is 1010. The topological polar surface area (TPSA) is 73.9 Å². The van der Waals surface area contributed by atoms with E-state index in [1.165, 1.54) is 0 Å². The average Bonchev–Trinajstić information content (AvgIpc) is 2.84. The highest BCUT2D eigenvalue weighted by Crippen LogP contribution is 2.31. The van der Waals surface area contributed by atoms with Gasteiger partial charge in [0.15, 0.2) is 0 Å². The number of hydrogen-bond donors (Lipinski definition) is 2. The van der Waals surface area contributed by atoms with Crippen molar-refractivity contribution in [2.24, 2.45) is 11.8 Å². The number of carbonyl (C=O) groups excluding carboxylic acids is 2. The Kier molecular flexibility index (Phi) is 7.60. The molecule has 34 heavy (non-hydrogen) atoms. The van der Waals surface area contributed by atoms with Crippen molar-refractivity contribution in [2.45, 2.75) is 39.5 Å². The van der Waals surface area contributed by atoms with E-state index in [0.717, 1.165) is 57.5 Å². The minimum absolute atomic E-state index is 0.0531. The van der Waals surface area contributed by atoms with Crippen LogP contribution in [0.2, 0.25) is 0 Å². The third kappa shape index (κ3) is 5.82. The molecule has 2 aromatic rings. The first-order chi connectivity index (χ1) is 16.4. The number of amides is 3. The van der Waals surface area contributed by atoms with Crippen molar-refractivity contribution in [1.29, 1.82) is 0 Å². The van der Waals surface area contributed by atoms with E-state index in [0.29, 0.717) is 34.5 Å². The zero-order valence-electron chi connectivity index (χ0n) is 20.5. The van der Waals surface area contributed by atoms with Crippen LogP contribution in [-0.4, -0.2) is 50.1 Å². The molecule has 2 N–H and O–H groups in total. The smallest absolute Gasteiger partial charge is 0.323 e. The molecule has 182 valence electrons. The van der Waals surface area contributed by atoms with Crippen molar-refractivity contribution < 1.29 is 14.3 Å². The number of nitrogens with one attached hydrogen (secondary N) is 2. The number of ether oxygens (including phenoxy) is 1. The van der Waals surface area contributed by atoms with Crippen LogP contribution in [0.4, 0.5) is 21.9 Å². The Morgan fingerprint density at radius 3 is 2.12 bits per heavy atom. The molecule has 2 aromatic carbocycles. The van der Waals surface area contributed by atoms with Gasteiger partial charge in [-0.15, -0.1) is 0 Å². The molecule has 7 heteroatoms. The summed E-state index contributed by atoms with van der Waals surface area (Å²) < 4.78 is 5.22. The van der Waals surface area contributed by atoms with Crippen molar-refractivity contribution in [3.05, 3.63) is 48.0 Å². The van der Waals surface area contributed by atoms with E-state index in [9.17, 15) is 9.59 Å². The first-order valence-corrected chi connectivity index (χ1v) is 12.3. The summed E-state index contributed by atoms with van der Waals surface area (Å²) >= 11 is 0. The maximum absolute atomic E-state index is 13.6. The second-order valence-corrected chi connectivity index (χ2v) is 9.69. The molecule has 0 spiro atoms. The van der Waals surface area contributed by atoms with Gasteiger partial charge in [-0.1, -0.05) is 19.9 Å². The lowest BCUT2D eigenvalue weighted by Crippen LogP contribution is -2.40. The predicted octanol–water partition coefficient (Wildman–Crippen LogP) is 5.45. The lowest BCUT2D eigenvalue weighted by atomic mass is 9.96. The third-order valence-electron chi connectivity index (χ3n) is 7.01. The van der Waals surface area contributed by atoms with E-state index in [1.807, 2.05) is 35.2 Å². The molecule has 0 bridgehead atoms. The summed E-state index contributed by atoms with van der Waals surface area (Å²) in [6, 6.07) is 12.5. The van der Waals surface area contributed by atoms with E-state index < -0.39 is 0 Å². The molecule has 2 heterocycles. The van der Waals surface area contributed by atoms with Crippen LogP contribution in [0, 0.1) is 11.8 Å². The van der Waals surface area contributed by atoms with Crippen LogP contribution in [0.15, 0.2) is 42.5 Å². The molecule has 4 rings (SSSR count). The Morgan fingerprint density at radius 1 is 0.853 bits per heavy atom. The molecule has 0 aromatic heterocycles. The number of anilines is 3. The first-order valence-electron chi connectivity index (χ1n) is 12.3. The zero-order valence-corrected chi connectivity index (χ0v) is 20.5. The van der Waals surface area contributed by atoms with Gasteiger partial charge in [0, 0.05) is 49.3 Å². The van der Waals surface area contributed by atoms with Crippen LogP contribution in [0.5, 0.6) is 5.75 Å². The van der Waals surface area contributed by atoms with Gasteiger partial charge in [0.1, 0.15) is 5.75 Å². The SMILES string of the molecule is COc1cccc(NC(=O)Nc2ccc(N3CCC(C)CC3)c(C(=O)N3CCC(C)CC3)c2)c1. The van der Waals surface area contributed by atoms with Crippen LogP contribution in [0.25, 0.3) is 0 Å². The summed E-state index contributed by atoms with van der Waals surface area (Å²) in [6.45, 7) is 7.98. The molecule has 2 aliphatic rings. The van der Waals surface area contributed by atoms with Gasteiger partial charge in [-0.2, -0.15) is 0 Å². The number of hydrogen-bond acceptors (Lipinski definition) is 4. The van der Waals surface area contributed by atoms with Gasteiger partial charge in [-0.05, 0) is 67.9 Å². The number of urea groups is 1. The van der Waals surface area contributed by atoms with Gasteiger partial charge < -0.3 is 25.2 Å². The van der Waals surface area contributed by atoms with Gasteiger partial charge in [-0.3, -0.25) is 4.79 Å². The Hall–Kier alpha value is -3.22. The zero-order chi connectivity index (χ0) is 24.1. The van der Waals surface area contributed by atoms with Gasteiger partial charge in [-0.25, -0.2) is 4.79 Å². The molecular weight excluding hydrogens is 428 g/mol. The highest BCUT2D eigenvalue weighted by atomic mass is 16.5. The van der Waals surface area contributed by atoms with E-state index in [2.05, 4.69) is 29.4 Å². The minimum Gasteiger partial charge on any atom is -0.497 e. The monoisotopic (exact) mass is 464 g/mol. The van der Waals surface area contributed by atoms with Crippen molar-refractivity contribution in [3.8, 4) is 5.75 Å². The summed E-state index contributed by atoms with van der Waals surface area (Å²) in [4.78, 5) is 30.5. The highest BCUT2D eigenvalue weighted by Gasteiger charge is 2.27. The van der Waals surface area contributed by atoms with Gasteiger partial charge in [0.25, 0.3) is 5.91 Å². The van der Waals surface area contributed by atoms with E-state index in [4.69, 9.17) is 4.74 Å². The van der Waals surface area contributed by atoms with Crippen molar-refractivity contribution in [1.82, 2.24) is 4.90 Å². The summed E-state index contributed by atoms with van der Waals surface area (Å²) in [7, 11) is 1.59. The third-order valence-corrected chi connectivity index (χ3v) is 7.01. The first kappa shape index (κ1) is 23.9. The van der Waals surface area contributed by atoms with E-state index in [1.54, 1.807) is 19.2 Å². The number of nitrogens with zero attached hydrogens (tertiary/aromatic N) is 2. The van der Waals surface area contributed by atoms with Crippen LogP contribution in [0.3, 0.4) is 0 Å². The molecule has 0 unspecified atom stereocenters. The molecular formula is C27H36N4O3. The lowest BCUT2D eigenvalue weighted by molar-refractivity contribution is 0.0697. The fraction of sp³-hybridized carbons (Fsp3) is 0.481. The summed E-state index contributed by atoms with van der Waals surface area (Å²) in [5.74, 6) is 2.08. The molecule has 0 atom stereocenters. The van der Waals surface area contributed by atoms with Crippen LogP contribution in [-0.2, 0) is 0 Å². The Morgan fingerprint density at radius 2 is 1.47 bits per heavy atom. The molecule has 7 nitrogen and oxygen atoms in total.